The summed E-state index contributed by atoms with van der Waals surface area (Å²) in [6.07, 6.45) is 5.15. The van der Waals surface area contributed by atoms with E-state index in [0.29, 0.717) is 7.25 Å². The number of rotatable bonds is 4. The van der Waals surface area contributed by atoms with E-state index < -0.39 is 17.4 Å². The first-order valence-electron chi connectivity index (χ1n) is 19.5. The number of benzene rings is 8. The van der Waals surface area contributed by atoms with Crippen LogP contribution in [-0.4, -0.2) is 6.88 Å². The first-order chi connectivity index (χ1) is 26.0. The molecular formula is C52H48Cl2SiZr. The van der Waals surface area contributed by atoms with E-state index in [1.54, 1.807) is 22.3 Å². The Bertz CT molecular complexity index is 2890. The quantitative estimate of drug-likeness (QED) is 0.122. The van der Waals surface area contributed by atoms with E-state index >= 15 is 0 Å². The predicted octanol–water partition coefficient (Wildman–Crippen LogP) is 15.0. The molecule has 2 aliphatic rings. The largest absolute Gasteiger partial charge is 0.147 e. The molecule has 0 saturated heterocycles. The third-order valence-corrected chi connectivity index (χ3v) is 31.1. The Morgan fingerprint density at radius 3 is 1.18 bits per heavy atom. The molecule has 2 unspecified atom stereocenters. The number of aryl methyl sites for hydroxylation is 2. The average Bonchev–Trinajstić information content (AvgIpc) is 3.69. The molecule has 0 spiro atoms. The minimum atomic E-state index is -3.77. The second-order valence-corrected chi connectivity index (χ2v) is 48.0. The molecule has 2 aliphatic carbocycles. The average molecular weight is 863 g/mol. The fourth-order valence-corrected chi connectivity index (χ4v) is 32.4. The van der Waals surface area contributed by atoms with Crippen LogP contribution in [0.1, 0.15) is 54.5 Å². The first kappa shape index (κ1) is 38.8. The van der Waals surface area contributed by atoms with Gasteiger partial charge in [-0.2, -0.15) is 0 Å². The molecule has 8 aromatic rings. The molecule has 0 aliphatic heterocycles. The Hall–Kier alpha value is -4.04. The summed E-state index contributed by atoms with van der Waals surface area (Å²) in [4.78, 5) is 0. The van der Waals surface area contributed by atoms with Crippen molar-refractivity contribution in [2.45, 2.75) is 44.2 Å². The van der Waals surface area contributed by atoms with Crippen LogP contribution >= 0.6 is 24.8 Å². The molecule has 0 nitrogen and oxygen atoms in total. The van der Waals surface area contributed by atoms with Crippen molar-refractivity contribution < 1.29 is 17.4 Å². The molecule has 10 rings (SSSR count). The van der Waals surface area contributed by atoms with Crippen molar-refractivity contribution >= 4 is 86.9 Å². The van der Waals surface area contributed by atoms with Crippen molar-refractivity contribution in [1.82, 2.24) is 0 Å². The molecule has 56 heavy (non-hydrogen) atoms. The van der Waals surface area contributed by atoms with Gasteiger partial charge in [0.15, 0.2) is 0 Å². The monoisotopic (exact) mass is 860 g/mol. The number of hydrogen-bond acceptors (Lipinski definition) is 0. The maximum atomic E-state index is 2.77. The maximum absolute atomic E-state index is 3.77. The van der Waals surface area contributed by atoms with Crippen molar-refractivity contribution in [2.24, 2.45) is 0 Å². The molecule has 2 atom stereocenters. The van der Waals surface area contributed by atoms with Gasteiger partial charge in [0.25, 0.3) is 0 Å². The van der Waals surface area contributed by atoms with Gasteiger partial charge in [-0.3, -0.25) is 0 Å². The predicted molar refractivity (Wildman–Crippen MR) is 251 cm³/mol. The molecule has 0 fully saturated rings. The molecule has 0 radical (unpaired) electrons. The van der Waals surface area contributed by atoms with E-state index in [1.165, 1.54) is 87.6 Å². The zero-order chi connectivity index (χ0) is 37.1. The van der Waals surface area contributed by atoms with E-state index in [2.05, 4.69) is 189 Å². The zero-order valence-electron chi connectivity index (χ0n) is 33.0. The van der Waals surface area contributed by atoms with Crippen LogP contribution in [0.5, 0.6) is 0 Å². The number of hydrogen-bond donors (Lipinski definition) is 0. The van der Waals surface area contributed by atoms with Gasteiger partial charge in [0.1, 0.15) is 0 Å². The standard InChI is InChI=1S/2C25H19.2CH3.2ClH.H2Si.Zr/c2*1-16-12-21-11-10-17(2)25(24(21)13-16)22-9-5-8-20-14-18-6-3-4-7-19(18)15-23(20)22;;;;;;/h2*3-15H,1-2H3;2*1H3;2*1H;1H2;. The minimum Gasteiger partial charge on any atom is -0.147 e. The fraction of sp³-hybridized carbons (Fsp3) is 0.154. The molecule has 4 heteroatoms. The van der Waals surface area contributed by atoms with Gasteiger partial charge in [-0.1, -0.05) is 0 Å². The van der Waals surface area contributed by atoms with Crippen LogP contribution in [0.3, 0.4) is 0 Å². The molecule has 0 N–H and O–H groups in total. The molecule has 0 aromatic heterocycles. The summed E-state index contributed by atoms with van der Waals surface area (Å²) in [5.74, 6) is 0. The van der Waals surface area contributed by atoms with Gasteiger partial charge in [-0.15, -0.1) is 24.8 Å². The number of halogens is 2. The van der Waals surface area contributed by atoms with Gasteiger partial charge in [-0.05, 0) is 0 Å². The van der Waals surface area contributed by atoms with Gasteiger partial charge in [0.2, 0.25) is 0 Å². The Morgan fingerprint density at radius 1 is 0.429 bits per heavy atom. The summed E-state index contributed by atoms with van der Waals surface area (Å²) < 4.78 is 6.45. The third-order valence-electron chi connectivity index (χ3n) is 13.2. The van der Waals surface area contributed by atoms with Crippen molar-refractivity contribution in [3.63, 3.8) is 0 Å². The molecule has 278 valence electrons. The van der Waals surface area contributed by atoms with Crippen LogP contribution in [0.25, 0.3) is 77.5 Å². The van der Waals surface area contributed by atoms with E-state index in [1.807, 2.05) is 0 Å². The Labute approximate surface area is 346 Å². The SMILES string of the molecule is CC1=Cc2c(ccc(C)c2-c2cccc3cc4ccccc4cc23)[CH]1[Zr]([CH3])([CH3])(=[SiH2])[CH]1C(C)=Cc2c1ccc(C)c2-c1cccc2cc3ccccc3cc12.Cl.Cl. The number of allylic oxidation sites excluding steroid dienone is 2. The van der Waals surface area contributed by atoms with Crippen LogP contribution in [0, 0.1) is 13.8 Å². The minimum absolute atomic E-state index is 0. The van der Waals surface area contributed by atoms with Crippen molar-refractivity contribution in [2.75, 3.05) is 0 Å². The summed E-state index contributed by atoms with van der Waals surface area (Å²) in [6.45, 7) is 11.9. The van der Waals surface area contributed by atoms with Crippen LogP contribution < -0.4 is 0 Å². The summed E-state index contributed by atoms with van der Waals surface area (Å²) in [5, 5.41) is 10.5. The van der Waals surface area contributed by atoms with Crippen LogP contribution in [0.4, 0.5) is 0 Å². The maximum Gasteiger partial charge on any atom is -0.147 e. The van der Waals surface area contributed by atoms with Gasteiger partial charge in [0.05, 0.1) is 0 Å². The smallest absolute Gasteiger partial charge is 0.147 e. The third kappa shape index (κ3) is 5.78. The topological polar surface area (TPSA) is 0 Å². The fourth-order valence-electron chi connectivity index (χ4n) is 11.2. The second kappa shape index (κ2) is 13.8. The Morgan fingerprint density at radius 2 is 0.786 bits per heavy atom. The normalized spacial score (nSPS) is 16.3. The van der Waals surface area contributed by atoms with Crippen molar-refractivity contribution in [1.29, 1.82) is 0 Å². The Kier molecular flexibility index (Phi) is 9.57. The summed E-state index contributed by atoms with van der Waals surface area (Å²) in [6, 6.07) is 50.7. The first-order valence-corrected chi connectivity index (χ1v) is 33.2. The van der Waals surface area contributed by atoms with Gasteiger partial charge in [-0.25, -0.2) is 0 Å². The Balaban J connectivity index is 0.00000220. The molecule has 0 saturated carbocycles. The van der Waals surface area contributed by atoms with Gasteiger partial charge >= 0.3 is 324 Å². The zero-order valence-corrected chi connectivity index (χ0v) is 38.5. The second-order valence-electron chi connectivity index (χ2n) is 17.6. The molecule has 0 bridgehead atoms. The van der Waals surface area contributed by atoms with Gasteiger partial charge < -0.3 is 0 Å². The van der Waals surface area contributed by atoms with Crippen LogP contribution in [0.2, 0.25) is 9.26 Å². The summed E-state index contributed by atoms with van der Waals surface area (Å²) in [7, 11) is 0. The van der Waals surface area contributed by atoms with Crippen LogP contribution in [0.15, 0.2) is 145 Å². The van der Waals surface area contributed by atoms with Crippen LogP contribution in [-0.2, 0) is 17.4 Å². The van der Waals surface area contributed by atoms with E-state index in [-0.39, 0.29) is 24.8 Å². The van der Waals surface area contributed by atoms with E-state index in [9.17, 15) is 0 Å². The summed E-state index contributed by atoms with van der Waals surface area (Å²) >= 11 is -3.77. The number of fused-ring (bicyclic) bond motifs is 6. The van der Waals surface area contributed by atoms with Crippen molar-refractivity contribution in [3.8, 4) is 22.3 Å². The van der Waals surface area contributed by atoms with Crippen molar-refractivity contribution in [3.05, 3.63) is 178 Å². The molecule has 0 heterocycles. The van der Waals surface area contributed by atoms with Gasteiger partial charge in [0, 0.05) is 0 Å². The summed E-state index contributed by atoms with van der Waals surface area (Å²) in [5.41, 5.74) is 17.3. The molecule has 8 aromatic carbocycles. The molecule has 0 amide bonds. The molecular weight excluding hydrogens is 815 g/mol. The van der Waals surface area contributed by atoms with E-state index in [0.717, 1.165) is 0 Å². The van der Waals surface area contributed by atoms with E-state index in [4.69, 9.17) is 0 Å².